The molecule has 0 N–H and O–H groups in total. The number of rotatable bonds is 3. The molecule has 2 heterocycles. The summed E-state index contributed by atoms with van der Waals surface area (Å²) in [5, 5.41) is 8.86. The van der Waals surface area contributed by atoms with Gasteiger partial charge in [-0.1, -0.05) is 18.2 Å². The fourth-order valence-electron chi connectivity index (χ4n) is 1.68. The van der Waals surface area contributed by atoms with Gasteiger partial charge in [-0.05, 0) is 18.6 Å². The summed E-state index contributed by atoms with van der Waals surface area (Å²) in [5.41, 5.74) is 0.840. The van der Waals surface area contributed by atoms with E-state index in [-0.39, 0.29) is 9.56 Å². The van der Waals surface area contributed by atoms with Crippen LogP contribution in [0.2, 0.25) is 0 Å². The number of benzene rings is 1. The molecule has 3 aromatic rings. The van der Waals surface area contributed by atoms with E-state index in [1.165, 1.54) is 0 Å². The van der Waals surface area contributed by atoms with E-state index in [1.54, 1.807) is 0 Å². The monoisotopic (exact) mass is 343 g/mol. The molecule has 0 atom stereocenters. The van der Waals surface area contributed by atoms with E-state index in [4.69, 9.17) is 4.42 Å². The standard InChI is InChI=1S/C13H8F3N3OS2/c1-7-4-2-3-5-8(7)10-18-19-11(20-10)22-12-17-9(6-21-12)13(14,15)16/h2-6H,1H3. The highest BCUT2D eigenvalue weighted by molar-refractivity contribution is 8.00. The van der Waals surface area contributed by atoms with Crippen LogP contribution in [-0.2, 0) is 6.18 Å². The molecule has 4 nitrogen and oxygen atoms in total. The maximum absolute atomic E-state index is 12.5. The molecule has 0 aliphatic carbocycles. The lowest BCUT2D eigenvalue weighted by Gasteiger charge is -1.99. The molecule has 0 fully saturated rings. The number of thiazole rings is 1. The van der Waals surface area contributed by atoms with Crippen LogP contribution in [0, 0.1) is 6.92 Å². The first-order valence-electron chi connectivity index (χ1n) is 6.03. The van der Waals surface area contributed by atoms with Crippen LogP contribution < -0.4 is 0 Å². The van der Waals surface area contributed by atoms with Gasteiger partial charge < -0.3 is 4.42 Å². The molecule has 22 heavy (non-hydrogen) atoms. The largest absolute Gasteiger partial charge is 0.434 e. The minimum Gasteiger partial charge on any atom is -0.411 e. The number of alkyl halides is 3. The number of hydrogen-bond donors (Lipinski definition) is 0. The number of nitrogens with zero attached hydrogens (tertiary/aromatic N) is 3. The third kappa shape index (κ3) is 3.14. The van der Waals surface area contributed by atoms with Gasteiger partial charge >= 0.3 is 6.18 Å². The molecule has 0 radical (unpaired) electrons. The number of aromatic nitrogens is 3. The van der Waals surface area contributed by atoms with E-state index in [0.29, 0.717) is 5.89 Å². The molecule has 2 aromatic heterocycles. The van der Waals surface area contributed by atoms with Gasteiger partial charge in [0.05, 0.1) is 0 Å². The van der Waals surface area contributed by atoms with Crippen molar-refractivity contribution in [2.24, 2.45) is 0 Å². The predicted molar refractivity (Wildman–Crippen MR) is 75.7 cm³/mol. The Balaban J connectivity index is 1.80. The van der Waals surface area contributed by atoms with Gasteiger partial charge in [0, 0.05) is 22.7 Å². The van der Waals surface area contributed by atoms with Crippen LogP contribution in [0.5, 0.6) is 0 Å². The quantitative estimate of drug-likeness (QED) is 0.691. The molecule has 114 valence electrons. The Morgan fingerprint density at radius 2 is 1.95 bits per heavy atom. The molecule has 0 bridgehead atoms. The molecule has 3 rings (SSSR count). The summed E-state index contributed by atoms with van der Waals surface area (Å²) < 4.78 is 43.2. The van der Waals surface area contributed by atoms with Crippen molar-refractivity contribution in [3.05, 3.63) is 40.9 Å². The Morgan fingerprint density at radius 3 is 2.64 bits per heavy atom. The van der Waals surface area contributed by atoms with Crippen molar-refractivity contribution in [1.82, 2.24) is 15.2 Å². The minimum absolute atomic E-state index is 0.154. The number of aryl methyl sites for hydroxylation is 1. The second-order valence-electron chi connectivity index (χ2n) is 4.29. The summed E-state index contributed by atoms with van der Waals surface area (Å²) in [7, 11) is 0. The topological polar surface area (TPSA) is 51.8 Å². The van der Waals surface area contributed by atoms with Crippen LogP contribution in [0.3, 0.4) is 0 Å². The van der Waals surface area contributed by atoms with E-state index >= 15 is 0 Å². The van der Waals surface area contributed by atoms with Gasteiger partial charge in [-0.3, -0.25) is 0 Å². The van der Waals surface area contributed by atoms with Crippen molar-refractivity contribution in [3.63, 3.8) is 0 Å². The van der Waals surface area contributed by atoms with Crippen molar-refractivity contribution < 1.29 is 17.6 Å². The van der Waals surface area contributed by atoms with Crippen LogP contribution >= 0.6 is 23.1 Å². The fraction of sp³-hybridized carbons (Fsp3) is 0.154. The molecule has 0 amide bonds. The molecule has 0 saturated carbocycles. The van der Waals surface area contributed by atoms with Gasteiger partial charge in [0.25, 0.3) is 5.22 Å². The molecule has 0 aliphatic rings. The first kappa shape index (κ1) is 15.0. The van der Waals surface area contributed by atoms with Crippen LogP contribution in [-0.4, -0.2) is 15.2 Å². The summed E-state index contributed by atoms with van der Waals surface area (Å²) in [5.74, 6) is 0.327. The van der Waals surface area contributed by atoms with Crippen molar-refractivity contribution >= 4 is 23.1 Å². The van der Waals surface area contributed by atoms with Gasteiger partial charge in [0.1, 0.15) is 0 Å². The lowest BCUT2D eigenvalue weighted by Crippen LogP contribution is -2.04. The Morgan fingerprint density at radius 1 is 1.18 bits per heavy atom. The van der Waals surface area contributed by atoms with Crippen LogP contribution in [0.25, 0.3) is 11.5 Å². The van der Waals surface area contributed by atoms with Crippen molar-refractivity contribution in [2.75, 3.05) is 0 Å². The zero-order chi connectivity index (χ0) is 15.7. The number of halogens is 3. The Kier molecular flexibility index (Phi) is 3.92. The predicted octanol–water partition coefficient (Wildman–Crippen LogP) is 4.67. The molecule has 0 spiro atoms. The highest BCUT2D eigenvalue weighted by Crippen LogP contribution is 2.36. The number of hydrogen-bond acceptors (Lipinski definition) is 6. The highest BCUT2D eigenvalue weighted by atomic mass is 32.2. The molecule has 9 heteroatoms. The van der Waals surface area contributed by atoms with E-state index in [9.17, 15) is 13.2 Å². The molecule has 0 saturated heterocycles. The Bertz CT molecular complexity index is 798. The molecule has 0 aliphatic heterocycles. The fourth-order valence-corrected chi connectivity index (χ4v) is 3.28. The van der Waals surface area contributed by atoms with Crippen LogP contribution in [0.4, 0.5) is 13.2 Å². The summed E-state index contributed by atoms with van der Waals surface area (Å²) in [6.07, 6.45) is -4.45. The SMILES string of the molecule is Cc1ccccc1-c1nnc(Sc2nc(C(F)(F)F)cs2)o1. The van der Waals surface area contributed by atoms with Crippen LogP contribution in [0.1, 0.15) is 11.3 Å². The lowest BCUT2D eigenvalue weighted by atomic mass is 10.1. The molecule has 1 aromatic carbocycles. The lowest BCUT2D eigenvalue weighted by molar-refractivity contribution is -0.141. The molecular weight excluding hydrogens is 335 g/mol. The summed E-state index contributed by atoms with van der Waals surface area (Å²) in [6, 6.07) is 7.47. The molecular formula is C13H8F3N3OS2. The average molecular weight is 343 g/mol. The zero-order valence-electron chi connectivity index (χ0n) is 11.1. The van der Waals surface area contributed by atoms with Gasteiger partial charge in [0.2, 0.25) is 5.89 Å². The van der Waals surface area contributed by atoms with E-state index in [1.807, 2.05) is 31.2 Å². The zero-order valence-corrected chi connectivity index (χ0v) is 12.7. The second-order valence-corrected chi connectivity index (χ2v) is 6.34. The Hall–Kier alpha value is -1.87. The summed E-state index contributed by atoms with van der Waals surface area (Å²) in [6.45, 7) is 1.91. The summed E-state index contributed by atoms with van der Waals surface area (Å²) >= 11 is 1.80. The second kappa shape index (κ2) is 5.73. The molecule has 0 unspecified atom stereocenters. The van der Waals surface area contributed by atoms with Gasteiger partial charge in [-0.2, -0.15) is 13.2 Å². The average Bonchev–Trinajstić information content (AvgIpc) is 3.09. The van der Waals surface area contributed by atoms with Crippen molar-refractivity contribution in [3.8, 4) is 11.5 Å². The van der Waals surface area contributed by atoms with E-state index in [2.05, 4.69) is 15.2 Å². The van der Waals surface area contributed by atoms with Crippen LogP contribution in [0.15, 0.2) is 43.6 Å². The maximum Gasteiger partial charge on any atom is 0.434 e. The van der Waals surface area contributed by atoms with Crippen molar-refractivity contribution in [1.29, 1.82) is 0 Å². The third-order valence-electron chi connectivity index (χ3n) is 2.73. The van der Waals surface area contributed by atoms with Crippen molar-refractivity contribution in [2.45, 2.75) is 22.7 Å². The first-order chi connectivity index (χ1) is 10.4. The van der Waals surface area contributed by atoms with Gasteiger partial charge in [-0.15, -0.1) is 21.5 Å². The third-order valence-corrected chi connectivity index (χ3v) is 4.51. The van der Waals surface area contributed by atoms with Gasteiger partial charge in [0.15, 0.2) is 10.0 Å². The smallest absolute Gasteiger partial charge is 0.411 e. The van der Waals surface area contributed by atoms with E-state index in [0.717, 1.165) is 39.6 Å². The Labute approximate surface area is 131 Å². The van der Waals surface area contributed by atoms with E-state index < -0.39 is 11.9 Å². The normalized spacial score (nSPS) is 11.8. The first-order valence-corrected chi connectivity index (χ1v) is 7.73. The minimum atomic E-state index is -4.45. The van der Waals surface area contributed by atoms with Gasteiger partial charge in [-0.25, -0.2) is 4.98 Å². The summed E-state index contributed by atoms with van der Waals surface area (Å²) in [4.78, 5) is 3.51. The maximum atomic E-state index is 12.5. The highest BCUT2D eigenvalue weighted by Gasteiger charge is 2.34.